The van der Waals surface area contributed by atoms with E-state index in [1.54, 1.807) is 40.0 Å². The maximum absolute atomic E-state index is 14.2. The molecule has 2 rings (SSSR count). The number of aliphatic hydroxyl groups excluding tert-OH is 2. The summed E-state index contributed by atoms with van der Waals surface area (Å²) in [6.07, 6.45) is -0.692. The van der Waals surface area contributed by atoms with Crippen molar-refractivity contribution in [2.24, 2.45) is 23.7 Å². The molecule has 11 atom stereocenters. The van der Waals surface area contributed by atoms with Crippen LogP contribution in [0.5, 0.6) is 0 Å². The minimum Gasteiger partial charge on any atom is -0.386 e. The number of hydrogen-bond donors (Lipinski definition) is 4. The molecule has 0 spiro atoms. The van der Waals surface area contributed by atoms with Gasteiger partial charge in [-0.05, 0) is 57.2 Å². The normalized spacial score (nSPS) is 20.9. The highest BCUT2D eigenvalue weighted by Gasteiger charge is 2.43. The monoisotopic (exact) mass is 734 g/mol. The molecule has 12 nitrogen and oxygen atoms in total. The molecule has 1 aromatic carbocycles. The van der Waals surface area contributed by atoms with Crippen LogP contribution in [-0.2, 0) is 23.9 Å². The van der Waals surface area contributed by atoms with Gasteiger partial charge < -0.3 is 39.7 Å². The zero-order valence-corrected chi connectivity index (χ0v) is 34.2. The second kappa shape index (κ2) is 21.3. The lowest BCUT2D eigenvalue weighted by Crippen LogP contribution is -2.61. The molecule has 12 heteroatoms. The van der Waals surface area contributed by atoms with Crippen molar-refractivity contribution >= 4 is 17.7 Å². The highest BCUT2D eigenvalue weighted by Crippen LogP contribution is 2.30. The number of aliphatic hydroxyl groups is 2. The molecule has 4 N–H and O–H groups in total. The summed E-state index contributed by atoms with van der Waals surface area (Å²) < 4.78 is 12.0. The predicted octanol–water partition coefficient (Wildman–Crippen LogP) is 3.66. The molecule has 0 saturated carbocycles. The Balaban J connectivity index is 2.25. The first-order chi connectivity index (χ1) is 24.4. The Bertz CT molecular complexity index is 1230. The second-order valence-corrected chi connectivity index (χ2v) is 15.8. The molecule has 1 aliphatic rings. The molecule has 0 aromatic heterocycles. The maximum Gasteiger partial charge on any atom is 0.240 e. The van der Waals surface area contributed by atoms with Gasteiger partial charge in [-0.1, -0.05) is 85.2 Å². The van der Waals surface area contributed by atoms with Gasteiger partial charge >= 0.3 is 0 Å². The van der Waals surface area contributed by atoms with Crippen LogP contribution in [0.1, 0.15) is 92.7 Å². The highest BCUT2D eigenvalue weighted by atomic mass is 16.5. The van der Waals surface area contributed by atoms with Gasteiger partial charge in [0.1, 0.15) is 6.23 Å². The van der Waals surface area contributed by atoms with Gasteiger partial charge in [0.15, 0.2) is 0 Å². The van der Waals surface area contributed by atoms with Crippen LogP contribution in [-0.4, -0.2) is 133 Å². The maximum atomic E-state index is 14.2. The van der Waals surface area contributed by atoms with Gasteiger partial charge in [-0.15, -0.1) is 0 Å². The van der Waals surface area contributed by atoms with Crippen molar-refractivity contribution in [3.63, 3.8) is 0 Å². The Morgan fingerprint density at radius 1 is 0.923 bits per heavy atom. The van der Waals surface area contributed by atoms with Crippen LogP contribution < -0.4 is 10.6 Å². The van der Waals surface area contributed by atoms with Crippen LogP contribution >= 0.6 is 0 Å². The number of likely N-dealkylation sites (tertiary alicyclic amines) is 1. The zero-order chi connectivity index (χ0) is 39.4. The van der Waals surface area contributed by atoms with Crippen molar-refractivity contribution in [1.82, 2.24) is 25.3 Å². The first kappa shape index (κ1) is 45.5. The lowest BCUT2D eigenvalue weighted by atomic mass is 9.89. The molecule has 298 valence electrons. The fourth-order valence-electron chi connectivity index (χ4n) is 7.97. The Hall–Kier alpha value is -2.61. The third kappa shape index (κ3) is 11.7. The molecule has 1 fully saturated rings. The van der Waals surface area contributed by atoms with Crippen LogP contribution in [0, 0.1) is 23.7 Å². The number of nitrogens with zero attached hydrogens (tertiary/aromatic N) is 3. The number of rotatable bonds is 21. The first-order valence-corrected chi connectivity index (χ1v) is 19.2. The number of carbonyl (C=O) groups is 3. The second-order valence-electron chi connectivity index (χ2n) is 15.8. The van der Waals surface area contributed by atoms with Gasteiger partial charge in [-0.3, -0.25) is 19.7 Å². The number of carbonyl (C=O) groups excluding carboxylic acids is 3. The minimum atomic E-state index is -0.927. The average molecular weight is 734 g/mol. The van der Waals surface area contributed by atoms with Gasteiger partial charge in [-0.2, -0.15) is 0 Å². The van der Waals surface area contributed by atoms with Crippen molar-refractivity contribution in [2.75, 3.05) is 41.9 Å². The molecule has 1 heterocycles. The summed E-state index contributed by atoms with van der Waals surface area (Å²) in [4.78, 5) is 47.4. The summed E-state index contributed by atoms with van der Waals surface area (Å²) in [5, 5.41) is 28.2. The van der Waals surface area contributed by atoms with Crippen LogP contribution in [0.3, 0.4) is 0 Å². The number of benzene rings is 1. The number of hydrogen-bond acceptors (Lipinski definition) is 9. The molecular weight excluding hydrogens is 662 g/mol. The Morgan fingerprint density at radius 3 is 2.04 bits per heavy atom. The fraction of sp³-hybridized carbons (Fsp3) is 0.775. The topological polar surface area (TPSA) is 144 Å². The summed E-state index contributed by atoms with van der Waals surface area (Å²) in [5.74, 6) is -1.10. The van der Waals surface area contributed by atoms with Crippen LogP contribution in [0.4, 0.5) is 0 Å². The molecule has 3 amide bonds. The molecular formula is C40H71N5O7. The van der Waals surface area contributed by atoms with E-state index >= 15 is 0 Å². The van der Waals surface area contributed by atoms with Crippen molar-refractivity contribution in [2.45, 2.75) is 136 Å². The van der Waals surface area contributed by atoms with E-state index in [-0.39, 0.29) is 54.0 Å². The van der Waals surface area contributed by atoms with Gasteiger partial charge in [0.05, 0.1) is 60.9 Å². The quantitative estimate of drug-likeness (QED) is 0.139. The van der Waals surface area contributed by atoms with E-state index in [4.69, 9.17) is 9.47 Å². The molecule has 0 radical (unpaired) electrons. The number of methoxy groups -OCH3 is 2. The van der Waals surface area contributed by atoms with Gasteiger partial charge in [0.2, 0.25) is 17.7 Å². The van der Waals surface area contributed by atoms with Crippen molar-refractivity contribution in [1.29, 1.82) is 0 Å². The largest absolute Gasteiger partial charge is 0.386 e. The van der Waals surface area contributed by atoms with E-state index in [0.717, 1.165) is 12.8 Å². The van der Waals surface area contributed by atoms with Crippen molar-refractivity contribution in [3.05, 3.63) is 35.9 Å². The summed E-state index contributed by atoms with van der Waals surface area (Å²) in [6, 6.07) is 7.08. The molecule has 0 aliphatic carbocycles. The molecule has 52 heavy (non-hydrogen) atoms. The number of nitrogens with one attached hydrogen (secondary N) is 2. The summed E-state index contributed by atoms with van der Waals surface area (Å²) in [5.41, 5.74) is 0.715. The molecule has 1 aliphatic heterocycles. The van der Waals surface area contributed by atoms with Crippen LogP contribution in [0.15, 0.2) is 30.3 Å². The average Bonchev–Trinajstić information content (AvgIpc) is 3.59. The van der Waals surface area contributed by atoms with E-state index < -0.39 is 48.6 Å². The van der Waals surface area contributed by atoms with E-state index in [1.165, 1.54) is 0 Å². The van der Waals surface area contributed by atoms with E-state index in [0.29, 0.717) is 18.5 Å². The fourth-order valence-corrected chi connectivity index (χ4v) is 7.97. The van der Waals surface area contributed by atoms with Crippen molar-refractivity contribution < 1.29 is 34.1 Å². The highest BCUT2D eigenvalue weighted by molar-refractivity contribution is 5.83. The van der Waals surface area contributed by atoms with E-state index in [1.807, 2.05) is 81.9 Å². The first-order valence-electron chi connectivity index (χ1n) is 19.2. The summed E-state index contributed by atoms with van der Waals surface area (Å²) >= 11 is 0. The third-order valence-corrected chi connectivity index (χ3v) is 11.1. The van der Waals surface area contributed by atoms with Crippen LogP contribution in [0.25, 0.3) is 0 Å². The lowest BCUT2D eigenvalue weighted by molar-refractivity contribution is -0.147. The molecule has 0 bridgehead atoms. The predicted molar refractivity (Wildman–Crippen MR) is 205 cm³/mol. The van der Waals surface area contributed by atoms with E-state index in [9.17, 15) is 24.6 Å². The van der Waals surface area contributed by atoms with Gasteiger partial charge in [-0.25, -0.2) is 0 Å². The summed E-state index contributed by atoms with van der Waals surface area (Å²) in [7, 11) is 8.74. The Morgan fingerprint density at radius 2 is 1.54 bits per heavy atom. The molecule has 1 aromatic rings. The Labute approximate surface area is 314 Å². The summed E-state index contributed by atoms with van der Waals surface area (Å²) in [6.45, 7) is 16.2. The smallest absolute Gasteiger partial charge is 0.240 e. The molecule has 1 saturated heterocycles. The zero-order valence-electron chi connectivity index (χ0n) is 34.2. The van der Waals surface area contributed by atoms with Crippen LogP contribution in [0.2, 0.25) is 0 Å². The minimum absolute atomic E-state index is 0.00710. The van der Waals surface area contributed by atoms with Gasteiger partial charge in [0.25, 0.3) is 0 Å². The van der Waals surface area contributed by atoms with Gasteiger partial charge in [0, 0.05) is 27.8 Å². The SMILES string of the molecule is CC[C@H](C)[C@@H]([C@@H](CC(=O)N1CCC[C@H]1[C@H](OC)[C@@H](C)C(=O)N[C@H](C)[C@@H](O)c1ccccc1)OC)N(C)C(=O)[C@@H](NC(O)[C@H](C(C)C)N(C)C)C(C)C. The van der Waals surface area contributed by atoms with Crippen molar-refractivity contribution in [3.8, 4) is 0 Å². The number of ether oxygens (including phenoxy) is 2. The lowest BCUT2D eigenvalue weighted by Gasteiger charge is -2.42. The number of amides is 3. The Kier molecular flexibility index (Phi) is 18.7. The number of likely N-dealkylation sites (N-methyl/N-ethyl adjacent to an activating group) is 2. The van der Waals surface area contributed by atoms with E-state index in [2.05, 4.69) is 24.5 Å². The standard InChI is InChI=1S/C40H71N5O7/c1-14-26(6)35(44(11)40(50)33(24(2)3)42-39(49)34(25(4)5)43(9)10)31(51-12)23-32(46)45-22-18-21-30(45)37(52-13)27(7)38(48)41-28(8)36(47)29-19-16-15-17-20-29/h15-17,19-20,24-28,30-31,33-37,39,42,47,49H,14,18,21-23H2,1-13H3,(H,41,48)/t26-,27+,28+,30-,31+,33-,34-,35-,36+,37+,39?/m0/s1. The molecule has 1 unspecified atom stereocenters. The third-order valence-electron chi connectivity index (χ3n) is 11.1.